The number of carbonyl (C=O) groups is 1. The fraction of sp³-hybridized carbons (Fsp3) is 0.0556. The molecule has 1 fully saturated rings. The summed E-state index contributed by atoms with van der Waals surface area (Å²) in [7, 11) is 0. The Morgan fingerprint density at radius 1 is 1.26 bits per heavy atom. The van der Waals surface area contributed by atoms with Gasteiger partial charge in [0.2, 0.25) is 0 Å². The summed E-state index contributed by atoms with van der Waals surface area (Å²) in [6, 6.07) is 11.2. The molecule has 0 bridgehead atoms. The summed E-state index contributed by atoms with van der Waals surface area (Å²) in [6.45, 7) is 1.94. The topological polar surface area (TPSA) is 96.0 Å². The van der Waals surface area contributed by atoms with Crippen LogP contribution in [0.15, 0.2) is 52.5 Å². The molecule has 1 amide bonds. The normalized spacial score (nSPS) is 15.9. The van der Waals surface area contributed by atoms with E-state index in [1.807, 2.05) is 31.2 Å². The van der Waals surface area contributed by atoms with Crippen LogP contribution in [0.3, 0.4) is 0 Å². The smallest absolute Gasteiger partial charge is 0.286 e. The number of thiocarbonyl (C=S) groups is 1. The summed E-state index contributed by atoms with van der Waals surface area (Å²) in [4.78, 5) is 23.3. The van der Waals surface area contributed by atoms with Crippen LogP contribution < -0.4 is 0 Å². The first-order valence-electron chi connectivity index (χ1n) is 7.72. The van der Waals surface area contributed by atoms with Crippen LogP contribution in [-0.2, 0) is 4.79 Å². The Hall–Kier alpha value is -3.04. The molecule has 0 atom stereocenters. The molecule has 9 heteroatoms. The number of hydrogen-bond acceptors (Lipinski definition) is 7. The molecule has 136 valence electrons. The molecule has 0 unspecified atom stereocenters. The van der Waals surface area contributed by atoms with Gasteiger partial charge < -0.3 is 5.11 Å². The highest BCUT2D eigenvalue weighted by atomic mass is 32.2. The van der Waals surface area contributed by atoms with Gasteiger partial charge in [0.15, 0.2) is 4.32 Å². The molecular weight excluding hydrogens is 386 g/mol. The first-order valence-corrected chi connectivity index (χ1v) is 8.94. The number of nitro groups is 1. The summed E-state index contributed by atoms with van der Waals surface area (Å²) in [5, 5.41) is 25.7. The number of phenols is 1. The van der Waals surface area contributed by atoms with E-state index in [1.54, 1.807) is 6.08 Å². The maximum atomic E-state index is 12.6. The number of carbonyl (C=O) groups excluding carboxylic acids is 1. The number of phenolic OH excluding ortho intramolecular Hbond substituents is 1. The minimum Gasteiger partial charge on any atom is -0.507 e. The van der Waals surface area contributed by atoms with E-state index in [9.17, 15) is 20.0 Å². The van der Waals surface area contributed by atoms with Crippen LogP contribution in [0.5, 0.6) is 5.75 Å². The molecule has 1 aliphatic rings. The zero-order valence-corrected chi connectivity index (χ0v) is 15.7. The molecule has 1 aliphatic heterocycles. The van der Waals surface area contributed by atoms with Crippen LogP contribution in [0, 0.1) is 17.0 Å². The van der Waals surface area contributed by atoms with Gasteiger partial charge in [0.1, 0.15) is 5.75 Å². The van der Waals surface area contributed by atoms with Gasteiger partial charge in [0, 0.05) is 17.7 Å². The van der Waals surface area contributed by atoms with E-state index in [-0.39, 0.29) is 21.3 Å². The molecule has 1 heterocycles. The third kappa shape index (κ3) is 4.04. The molecule has 7 nitrogen and oxygen atoms in total. The van der Waals surface area contributed by atoms with Crippen LogP contribution in [0.2, 0.25) is 0 Å². The van der Waals surface area contributed by atoms with Crippen molar-refractivity contribution in [2.75, 3.05) is 0 Å². The minimum atomic E-state index is -0.582. The van der Waals surface area contributed by atoms with Crippen LogP contribution in [0.25, 0.3) is 6.08 Å². The van der Waals surface area contributed by atoms with E-state index in [4.69, 9.17) is 12.2 Å². The molecule has 0 aromatic heterocycles. The lowest BCUT2D eigenvalue weighted by molar-refractivity contribution is -0.384. The summed E-state index contributed by atoms with van der Waals surface area (Å²) in [5.74, 6) is -0.584. The van der Waals surface area contributed by atoms with E-state index in [0.717, 1.165) is 27.9 Å². The van der Waals surface area contributed by atoms with Gasteiger partial charge in [-0.15, -0.1) is 0 Å². The van der Waals surface area contributed by atoms with E-state index in [1.165, 1.54) is 24.4 Å². The number of aryl methyl sites for hydroxylation is 1. The lowest BCUT2D eigenvalue weighted by Gasteiger charge is -2.06. The van der Waals surface area contributed by atoms with Crippen LogP contribution in [0.4, 0.5) is 5.69 Å². The molecule has 0 spiro atoms. The first-order chi connectivity index (χ1) is 12.9. The van der Waals surface area contributed by atoms with Crippen molar-refractivity contribution in [2.45, 2.75) is 6.92 Å². The Kier molecular flexibility index (Phi) is 5.33. The number of rotatable bonds is 4. The minimum absolute atomic E-state index is 0.112. The number of hydrogen-bond donors (Lipinski definition) is 1. The third-order valence-corrected chi connectivity index (χ3v) is 5.07. The molecule has 1 N–H and O–H groups in total. The summed E-state index contributed by atoms with van der Waals surface area (Å²) in [6.07, 6.45) is 2.92. The second-order valence-corrected chi connectivity index (χ2v) is 7.27. The molecule has 2 aromatic carbocycles. The van der Waals surface area contributed by atoms with Crippen molar-refractivity contribution in [3.8, 4) is 5.75 Å². The predicted octanol–water partition coefficient (Wildman–Crippen LogP) is 3.84. The number of nitrogens with zero attached hydrogens (tertiary/aromatic N) is 3. The van der Waals surface area contributed by atoms with Gasteiger partial charge in [0.25, 0.3) is 11.6 Å². The Morgan fingerprint density at radius 2 is 2.00 bits per heavy atom. The zero-order valence-electron chi connectivity index (χ0n) is 14.0. The van der Waals surface area contributed by atoms with Crippen molar-refractivity contribution < 1.29 is 14.8 Å². The second-order valence-electron chi connectivity index (χ2n) is 5.59. The number of hydrazone groups is 1. The quantitative estimate of drug-likeness (QED) is 0.276. The summed E-state index contributed by atoms with van der Waals surface area (Å²) < 4.78 is 0.237. The number of amides is 1. The third-order valence-electron chi connectivity index (χ3n) is 3.78. The molecular formula is C18H13N3O4S2. The van der Waals surface area contributed by atoms with E-state index < -0.39 is 10.8 Å². The Bertz CT molecular complexity index is 1020. The highest BCUT2D eigenvalue weighted by Crippen LogP contribution is 2.33. The first kappa shape index (κ1) is 18.7. The predicted molar refractivity (Wildman–Crippen MR) is 109 cm³/mol. The fourth-order valence-electron chi connectivity index (χ4n) is 2.33. The zero-order chi connectivity index (χ0) is 19.6. The summed E-state index contributed by atoms with van der Waals surface area (Å²) >= 11 is 6.32. The molecule has 2 aromatic rings. The lowest BCUT2D eigenvalue weighted by Crippen LogP contribution is -2.22. The highest BCUT2D eigenvalue weighted by Gasteiger charge is 2.32. The monoisotopic (exact) mass is 399 g/mol. The van der Waals surface area contributed by atoms with E-state index in [0.29, 0.717) is 4.91 Å². The molecule has 0 saturated carbocycles. The number of non-ortho nitro benzene ring substituents is 1. The number of aromatic hydroxyl groups is 1. The fourth-order valence-corrected chi connectivity index (χ4v) is 3.49. The lowest BCUT2D eigenvalue weighted by atomic mass is 10.1. The van der Waals surface area contributed by atoms with Crippen molar-refractivity contribution in [3.63, 3.8) is 0 Å². The maximum absolute atomic E-state index is 12.6. The average Bonchev–Trinajstić information content (AvgIpc) is 2.89. The largest absolute Gasteiger partial charge is 0.507 e. The number of nitro benzene ring substituents is 1. The van der Waals surface area contributed by atoms with E-state index in [2.05, 4.69) is 5.10 Å². The maximum Gasteiger partial charge on any atom is 0.286 e. The van der Waals surface area contributed by atoms with Crippen LogP contribution in [-0.4, -0.2) is 31.5 Å². The molecule has 3 rings (SSSR count). The molecule has 0 radical (unpaired) electrons. The standard InChI is InChI=1S/C18H13N3O4S2/c1-11-4-2-3-5-12(11)9-16-17(23)20(18(26)27-16)19-10-13-8-14(21(24)25)6-7-15(13)22/h2-10,22H,1H3/b16-9+,19-10-. The van der Waals surface area contributed by atoms with Gasteiger partial charge in [0.05, 0.1) is 16.0 Å². The van der Waals surface area contributed by atoms with Crippen molar-refractivity contribution in [3.05, 3.63) is 74.2 Å². The van der Waals surface area contributed by atoms with Gasteiger partial charge in [-0.2, -0.15) is 10.1 Å². The number of thioether (sulfide) groups is 1. The van der Waals surface area contributed by atoms with Crippen molar-refractivity contribution in [1.82, 2.24) is 5.01 Å². The molecule has 0 aliphatic carbocycles. The Labute approximate surface area is 164 Å². The van der Waals surface area contributed by atoms with Gasteiger partial charge in [-0.1, -0.05) is 36.0 Å². The molecule has 27 heavy (non-hydrogen) atoms. The Morgan fingerprint density at radius 3 is 2.70 bits per heavy atom. The summed E-state index contributed by atoms with van der Waals surface area (Å²) in [5.41, 5.74) is 1.84. The molecule has 1 saturated heterocycles. The van der Waals surface area contributed by atoms with Gasteiger partial charge >= 0.3 is 0 Å². The van der Waals surface area contributed by atoms with Crippen LogP contribution >= 0.6 is 24.0 Å². The number of benzene rings is 2. The van der Waals surface area contributed by atoms with Crippen LogP contribution in [0.1, 0.15) is 16.7 Å². The van der Waals surface area contributed by atoms with Gasteiger partial charge in [-0.3, -0.25) is 14.9 Å². The van der Waals surface area contributed by atoms with Crippen molar-refractivity contribution in [1.29, 1.82) is 0 Å². The SMILES string of the molecule is Cc1ccccc1/C=C1/SC(=S)N(/N=C\c2cc([N+](=O)[O-])ccc2O)C1=O. The Balaban J connectivity index is 1.86. The average molecular weight is 399 g/mol. The highest BCUT2D eigenvalue weighted by molar-refractivity contribution is 8.26. The second kappa shape index (κ2) is 7.68. The van der Waals surface area contributed by atoms with Crippen molar-refractivity contribution in [2.24, 2.45) is 5.10 Å². The van der Waals surface area contributed by atoms with Crippen molar-refractivity contribution >= 4 is 52.2 Å². The van der Waals surface area contributed by atoms with Gasteiger partial charge in [-0.05, 0) is 42.4 Å². The van der Waals surface area contributed by atoms with Gasteiger partial charge in [-0.25, -0.2) is 0 Å². The van der Waals surface area contributed by atoms with E-state index >= 15 is 0 Å².